The fourth-order valence-electron chi connectivity index (χ4n) is 2.84. The smallest absolute Gasteiger partial charge is 0.416 e. The normalized spacial score (nSPS) is 12.4. The zero-order valence-corrected chi connectivity index (χ0v) is 15.9. The number of urea groups is 1. The minimum atomic E-state index is -4.52. The Kier molecular flexibility index (Phi) is 5.39. The summed E-state index contributed by atoms with van der Waals surface area (Å²) in [7, 11) is 0. The number of nitrogens with zero attached hydrogens (tertiary/aromatic N) is 6. The van der Waals surface area contributed by atoms with Gasteiger partial charge in [0, 0.05) is 22.7 Å². The van der Waals surface area contributed by atoms with Gasteiger partial charge in [-0.2, -0.15) is 13.2 Å². The maximum Gasteiger partial charge on any atom is 0.416 e. The van der Waals surface area contributed by atoms with E-state index in [1.54, 1.807) is 12.1 Å². The second kappa shape index (κ2) is 8.32. The third-order valence-electron chi connectivity index (χ3n) is 4.25. The van der Waals surface area contributed by atoms with E-state index in [0.29, 0.717) is 17.2 Å². The molecule has 1 N–H and O–H groups in total. The summed E-state index contributed by atoms with van der Waals surface area (Å²) in [6.45, 7) is -0.141. The van der Waals surface area contributed by atoms with Gasteiger partial charge in [0.2, 0.25) is 5.88 Å². The number of ether oxygens (including phenoxy) is 2. The van der Waals surface area contributed by atoms with E-state index in [0.717, 1.165) is 12.1 Å². The number of amides is 2. The molecule has 0 saturated heterocycles. The SMILES string of the molecule is [N-]=[N+]=Nc1cc(Oc2ccc3c(c2)OCN3C(=O)Nc2cccc(C(F)(F)F)c2)ncn1. The molecule has 0 saturated carbocycles. The summed E-state index contributed by atoms with van der Waals surface area (Å²) < 4.78 is 49.7. The monoisotopic (exact) mass is 443 g/mol. The van der Waals surface area contributed by atoms with Gasteiger partial charge in [0.25, 0.3) is 0 Å². The third-order valence-corrected chi connectivity index (χ3v) is 4.25. The van der Waals surface area contributed by atoms with E-state index in [1.165, 1.54) is 35.5 Å². The van der Waals surface area contributed by atoms with Crippen LogP contribution in [0, 0.1) is 0 Å². The van der Waals surface area contributed by atoms with Crippen LogP contribution >= 0.6 is 0 Å². The molecular weight excluding hydrogens is 431 g/mol. The van der Waals surface area contributed by atoms with E-state index in [1.807, 2.05) is 0 Å². The minimum absolute atomic E-state index is 0.00202. The minimum Gasteiger partial charge on any atom is -0.470 e. The number of anilines is 2. The Labute approximate surface area is 177 Å². The summed E-state index contributed by atoms with van der Waals surface area (Å²) >= 11 is 0. The number of nitrogens with one attached hydrogen (secondary N) is 1. The molecule has 4 rings (SSSR count). The molecule has 0 spiro atoms. The molecule has 0 aliphatic carbocycles. The fourth-order valence-corrected chi connectivity index (χ4v) is 2.84. The van der Waals surface area contributed by atoms with Gasteiger partial charge in [-0.1, -0.05) is 6.07 Å². The van der Waals surface area contributed by atoms with Gasteiger partial charge in [-0.25, -0.2) is 14.8 Å². The lowest BCUT2D eigenvalue weighted by Crippen LogP contribution is -2.34. The molecule has 162 valence electrons. The summed E-state index contributed by atoms with van der Waals surface area (Å²) in [6.07, 6.45) is -3.35. The average Bonchev–Trinajstić information content (AvgIpc) is 3.17. The van der Waals surface area contributed by atoms with Crippen LogP contribution in [0.3, 0.4) is 0 Å². The summed E-state index contributed by atoms with van der Waals surface area (Å²) in [6, 6.07) is 9.62. The molecule has 10 nitrogen and oxygen atoms in total. The van der Waals surface area contributed by atoms with Crippen molar-refractivity contribution in [1.29, 1.82) is 0 Å². The first-order valence-electron chi connectivity index (χ1n) is 8.91. The van der Waals surface area contributed by atoms with Crippen LogP contribution in [0.15, 0.2) is 60.0 Å². The van der Waals surface area contributed by atoms with Gasteiger partial charge in [0.15, 0.2) is 6.73 Å². The largest absolute Gasteiger partial charge is 0.470 e. The molecule has 1 aliphatic rings. The first-order valence-corrected chi connectivity index (χ1v) is 8.91. The van der Waals surface area contributed by atoms with Crippen molar-refractivity contribution in [3.05, 3.63) is 70.9 Å². The highest BCUT2D eigenvalue weighted by Gasteiger charge is 2.31. The Morgan fingerprint density at radius 3 is 2.84 bits per heavy atom. The Morgan fingerprint density at radius 2 is 2.06 bits per heavy atom. The van der Waals surface area contributed by atoms with Crippen LogP contribution in [-0.4, -0.2) is 22.7 Å². The third kappa shape index (κ3) is 4.47. The van der Waals surface area contributed by atoms with Crippen molar-refractivity contribution in [3.8, 4) is 17.4 Å². The maximum atomic E-state index is 12.9. The molecule has 0 unspecified atom stereocenters. The number of hydrogen-bond acceptors (Lipinski definition) is 6. The van der Waals surface area contributed by atoms with Crippen LogP contribution in [0.1, 0.15) is 5.56 Å². The van der Waals surface area contributed by atoms with E-state index >= 15 is 0 Å². The molecule has 2 heterocycles. The number of aromatic nitrogens is 2. The van der Waals surface area contributed by atoms with Crippen LogP contribution in [0.25, 0.3) is 10.4 Å². The number of fused-ring (bicyclic) bond motifs is 1. The molecule has 3 aromatic rings. The molecule has 32 heavy (non-hydrogen) atoms. The molecular formula is C19H12F3N7O3. The highest BCUT2D eigenvalue weighted by molar-refractivity contribution is 6.03. The van der Waals surface area contributed by atoms with Crippen molar-refractivity contribution in [2.45, 2.75) is 6.18 Å². The standard InChI is InChI=1S/C19H12F3N7O3/c20-19(21,22)11-2-1-3-12(6-11)26-18(30)29-10-31-15-7-13(4-5-14(15)29)32-17-8-16(27-28-23)24-9-25-17/h1-9H,10H2,(H,26,30). The van der Waals surface area contributed by atoms with E-state index < -0.39 is 17.8 Å². The molecule has 2 amide bonds. The number of halogens is 3. The van der Waals surface area contributed by atoms with Gasteiger partial charge in [-0.15, -0.1) is 0 Å². The fraction of sp³-hybridized carbons (Fsp3) is 0.105. The highest BCUT2D eigenvalue weighted by Crippen LogP contribution is 2.38. The first kappa shape index (κ1) is 20.8. The Bertz CT molecular complexity index is 1230. The molecule has 13 heteroatoms. The lowest BCUT2D eigenvalue weighted by atomic mass is 10.2. The summed E-state index contributed by atoms with van der Waals surface area (Å²) in [5.74, 6) is 0.854. The molecule has 2 aromatic carbocycles. The van der Waals surface area contributed by atoms with Crippen molar-refractivity contribution >= 4 is 23.2 Å². The Morgan fingerprint density at radius 1 is 1.22 bits per heavy atom. The maximum absolute atomic E-state index is 12.9. The van der Waals surface area contributed by atoms with Crippen molar-refractivity contribution in [2.75, 3.05) is 16.9 Å². The lowest BCUT2D eigenvalue weighted by molar-refractivity contribution is -0.137. The Hall–Kier alpha value is -4.51. The Balaban J connectivity index is 1.48. The van der Waals surface area contributed by atoms with Gasteiger partial charge >= 0.3 is 12.2 Å². The van der Waals surface area contributed by atoms with Crippen LogP contribution in [-0.2, 0) is 6.18 Å². The van der Waals surface area contributed by atoms with Gasteiger partial charge in [0.05, 0.1) is 11.3 Å². The number of carbonyl (C=O) groups excluding carboxylic acids is 1. The average molecular weight is 443 g/mol. The van der Waals surface area contributed by atoms with E-state index in [-0.39, 0.29) is 24.1 Å². The lowest BCUT2D eigenvalue weighted by Gasteiger charge is -2.16. The summed E-state index contributed by atoms with van der Waals surface area (Å²) in [4.78, 5) is 24.1. The number of benzene rings is 2. The number of hydrogen-bond donors (Lipinski definition) is 1. The summed E-state index contributed by atoms with van der Waals surface area (Å²) in [5.41, 5.74) is 8.00. The van der Waals surface area contributed by atoms with E-state index in [2.05, 4.69) is 25.3 Å². The van der Waals surface area contributed by atoms with Crippen molar-refractivity contribution in [2.24, 2.45) is 5.11 Å². The van der Waals surface area contributed by atoms with E-state index in [4.69, 9.17) is 15.0 Å². The predicted octanol–water partition coefficient (Wildman–Crippen LogP) is 5.62. The van der Waals surface area contributed by atoms with Crippen LogP contribution < -0.4 is 19.7 Å². The zero-order valence-electron chi connectivity index (χ0n) is 15.9. The van der Waals surface area contributed by atoms with Gasteiger partial charge in [-0.3, -0.25) is 4.90 Å². The second-order valence-corrected chi connectivity index (χ2v) is 6.35. The molecule has 1 aromatic heterocycles. The van der Waals surface area contributed by atoms with Gasteiger partial charge in [-0.05, 0) is 41.0 Å². The first-order chi connectivity index (χ1) is 15.3. The molecule has 1 aliphatic heterocycles. The number of rotatable bonds is 4. The van der Waals surface area contributed by atoms with Crippen LogP contribution in [0.2, 0.25) is 0 Å². The van der Waals surface area contributed by atoms with Crippen molar-refractivity contribution in [1.82, 2.24) is 9.97 Å². The predicted molar refractivity (Wildman–Crippen MR) is 106 cm³/mol. The van der Waals surface area contributed by atoms with Gasteiger partial charge in [0.1, 0.15) is 23.6 Å². The topological polar surface area (TPSA) is 125 Å². The number of azide groups is 1. The van der Waals surface area contributed by atoms with E-state index in [9.17, 15) is 18.0 Å². The zero-order chi connectivity index (χ0) is 22.7. The van der Waals surface area contributed by atoms with Crippen molar-refractivity contribution < 1.29 is 27.4 Å². The number of alkyl halides is 3. The van der Waals surface area contributed by atoms with Crippen LogP contribution in [0.5, 0.6) is 17.4 Å². The molecule has 0 bridgehead atoms. The number of carbonyl (C=O) groups is 1. The highest BCUT2D eigenvalue weighted by atomic mass is 19.4. The van der Waals surface area contributed by atoms with Crippen molar-refractivity contribution in [3.63, 3.8) is 0 Å². The molecule has 0 fully saturated rings. The second-order valence-electron chi connectivity index (χ2n) is 6.35. The quantitative estimate of drug-likeness (QED) is 0.318. The van der Waals surface area contributed by atoms with Crippen LogP contribution in [0.4, 0.5) is 35.2 Å². The molecule has 0 radical (unpaired) electrons. The molecule has 0 atom stereocenters. The summed E-state index contributed by atoms with van der Waals surface area (Å²) in [5, 5.41) is 5.79. The van der Waals surface area contributed by atoms with Gasteiger partial charge < -0.3 is 14.8 Å².